The van der Waals surface area contributed by atoms with E-state index in [1.165, 1.54) is 37.1 Å². The molecule has 0 spiro atoms. The molecule has 0 N–H and O–H groups in total. The summed E-state index contributed by atoms with van der Waals surface area (Å²) in [5.74, 6) is 0.788. The molecule has 1 rings (SSSR count). The Bertz CT molecular complexity index is 302. The molecule has 17 heavy (non-hydrogen) atoms. The van der Waals surface area contributed by atoms with E-state index in [1.54, 1.807) is 0 Å². The predicted molar refractivity (Wildman–Crippen MR) is 77.8 cm³/mol. The van der Waals surface area contributed by atoms with Gasteiger partial charge in [0.2, 0.25) is 0 Å². The first kappa shape index (κ1) is 14.1. The zero-order chi connectivity index (χ0) is 12.7. The maximum Gasteiger partial charge on any atom is 0.0366 e. The highest BCUT2D eigenvalue weighted by molar-refractivity contribution is 5.47. The molecular formula is C16H27N. The Balaban J connectivity index is 2.56. The van der Waals surface area contributed by atoms with Gasteiger partial charge in [-0.25, -0.2) is 0 Å². The largest absolute Gasteiger partial charge is 0.372 e. The lowest BCUT2D eigenvalue weighted by Gasteiger charge is -2.26. The molecule has 1 unspecified atom stereocenters. The van der Waals surface area contributed by atoms with Crippen molar-refractivity contribution in [3.8, 4) is 0 Å². The summed E-state index contributed by atoms with van der Waals surface area (Å²) in [6.45, 7) is 11.3. The van der Waals surface area contributed by atoms with Gasteiger partial charge in [-0.05, 0) is 38.3 Å². The molecule has 0 heterocycles. The van der Waals surface area contributed by atoms with Crippen molar-refractivity contribution in [1.82, 2.24) is 0 Å². The lowest BCUT2D eigenvalue weighted by Crippen LogP contribution is -2.28. The van der Waals surface area contributed by atoms with Crippen LogP contribution in [0, 0.1) is 12.8 Å². The van der Waals surface area contributed by atoms with Gasteiger partial charge in [0.15, 0.2) is 0 Å². The van der Waals surface area contributed by atoms with E-state index in [0.29, 0.717) is 0 Å². The molecule has 0 aliphatic heterocycles. The number of rotatable bonds is 7. The van der Waals surface area contributed by atoms with Crippen LogP contribution in [0.3, 0.4) is 0 Å². The normalized spacial score (nSPS) is 12.5. The van der Waals surface area contributed by atoms with Crippen LogP contribution in [0.4, 0.5) is 5.69 Å². The highest BCUT2D eigenvalue weighted by Gasteiger charge is 2.09. The third-order valence-corrected chi connectivity index (χ3v) is 3.36. The van der Waals surface area contributed by atoms with Crippen LogP contribution >= 0.6 is 0 Å². The van der Waals surface area contributed by atoms with Crippen molar-refractivity contribution in [2.45, 2.75) is 47.0 Å². The van der Waals surface area contributed by atoms with Crippen molar-refractivity contribution in [3.63, 3.8) is 0 Å². The summed E-state index contributed by atoms with van der Waals surface area (Å²) in [5, 5.41) is 0. The standard InChI is InChI=1S/C16H27N/c1-5-7-8-15(4)13-17(6-2)16-11-9-14(3)10-12-16/h9-12,15H,5-8,13H2,1-4H3. The first-order valence-electron chi connectivity index (χ1n) is 6.99. The molecule has 0 bridgehead atoms. The van der Waals surface area contributed by atoms with E-state index in [-0.39, 0.29) is 0 Å². The summed E-state index contributed by atoms with van der Waals surface area (Å²) in [7, 11) is 0. The van der Waals surface area contributed by atoms with E-state index in [0.717, 1.165) is 12.5 Å². The van der Waals surface area contributed by atoms with Crippen molar-refractivity contribution in [2.75, 3.05) is 18.0 Å². The first-order valence-corrected chi connectivity index (χ1v) is 6.99. The van der Waals surface area contributed by atoms with Gasteiger partial charge in [-0.15, -0.1) is 0 Å². The highest BCUT2D eigenvalue weighted by Crippen LogP contribution is 2.18. The van der Waals surface area contributed by atoms with E-state index < -0.39 is 0 Å². The Morgan fingerprint density at radius 2 is 1.76 bits per heavy atom. The topological polar surface area (TPSA) is 3.24 Å². The minimum atomic E-state index is 0.788. The smallest absolute Gasteiger partial charge is 0.0366 e. The molecule has 1 aromatic carbocycles. The van der Waals surface area contributed by atoms with Crippen LogP contribution in [0.25, 0.3) is 0 Å². The molecule has 1 atom stereocenters. The van der Waals surface area contributed by atoms with E-state index in [9.17, 15) is 0 Å². The molecule has 0 aliphatic rings. The zero-order valence-electron chi connectivity index (χ0n) is 11.9. The Kier molecular flexibility index (Phi) is 6.10. The van der Waals surface area contributed by atoms with Gasteiger partial charge in [-0.2, -0.15) is 0 Å². The minimum absolute atomic E-state index is 0.788. The number of benzene rings is 1. The van der Waals surface area contributed by atoms with Crippen molar-refractivity contribution in [1.29, 1.82) is 0 Å². The Hall–Kier alpha value is -0.980. The third kappa shape index (κ3) is 4.80. The minimum Gasteiger partial charge on any atom is -0.372 e. The van der Waals surface area contributed by atoms with Crippen LogP contribution < -0.4 is 4.90 Å². The van der Waals surface area contributed by atoms with Crippen LogP contribution in [0.1, 0.15) is 45.6 Å². The number of unbranched alkanes of at least 4 members (excludes halogenated alkanes) is 1. The Morgan fingerprint density at radius 1 is 1.12 bits per heavy atom. The fourth-order valence-electron chi connectivity index (χ4n) is 2.19. The summed E-state index contributed by atoms with van der Waals surface area (Å²) >= 11 is 0. The SMILES string of the molecule is CCCCC(C)CN(CC)c1ccc(C)cc1. The fraction of sp³-hybridized carbons (Fsp3) is 0.625. The molecule has 0 aliphatic carbocycles. The van der Waals surface area contributed by atoms with Gasteiger partial charge >= 0.3 is 0 Å². The summed E-state index contributed by atoms with van der Waals surface area (Å²) in [5.41, 5.74) is 2.70. The average Bonchev–Trinajstić information content (AvgIpc) is 2.34. The number of hydrogen-bond acceptors (Lipinski definition) is 1. The molecule has 1 heteroatoms. The van der Waals surface area contributed by atoms with Crippen molar-refractivity contribution in [3.05, 3.63) is 29.8 Å². The average molecular weight is 233 g/mol. The highest BCUT2D eigenvalue weighted by atomic mass is 15.1. The van der Waals surface area contributed by atoms with Gasteiger partial charge in [-0.1, -0.05) is 44.4 Å². The van der Waals surface area contributed by atoms with E-state index in [4.69, 9.17) is 0 Å². The quantitative estimate of drug-likeness (QED) is 0.662. The summed E-state index contributed by atoms with van der Waals surface area (Å²) in [4.78, 5) is 2.49. The molecular weight excluding hydrogens is 206 g/mol. The van der Waals surface area contributed by atoms with Crippen LogP contribution in [-0.2, 0) is 0 Å². The summed E-state index contributed by atoms with van der Waals surface area (Å²) in [6, 6.07) is 8.89. The lowest BCUT2D eigenvalue weighted by molar-refractivity contribution is 0.498. The third-order valence-electron chi connectivity index (χ3n) is 3.36. The van der Waals surface area contributed by atoms with Gasteiger partial charge in [-0.3, -0.25) is 0 Å². The molecule has 0 saturated carbocycles. The number of hydrogen-bond donors (Lipinski definition) is 0. The van der Waals surface area contributed by atoms with Crippen molar-refractivity contribution < 1.29 is 0 Å². The van der Waals surface area contributed by atoms with Crippen LogP contribution in [0.15, 0.2) is 24.3 Å². The summed E-state index contributed by atoms with van der Waals surface area (Å²) in [6.07, 6.45) is 4.01. The van der Waals surface area contributed by atoms with E-state index in [1.807, 2.05) is 0 Å². The molecule has 0 saturated heterocycles. The zero-order valence-corrected chi connectivity index (χ0v) is 11.9. The number of anilines is 1. The second-order valence-electron chi connectivity index (χ2n) is 5.12. The fourth-order valence-corrected chi connectivity index (χ4v) is 2.19. The number of nitrogens with zero attached hydrogens (tertiary/aromatic N) is 1. The molecule has 0 fully saturated rings. The van der Waals surface area contributed by atoms with Crippen LogP contribution in [0.2, 0.25) is 0 Å². The van der Waals surface area contributed by atoms with Gasteiger partial charge in [0.05, 0.1) is 0 Å². The van der Waals surface area contributed by atoms with Gasteiger partial charge in [0.1, 0.15) is 0 Å². The van der Waals surface area contributed by atoms with E-state index >= 15 is 0 Å². The second kappa shape index (κ2) is 7.37. The molecule has 1 nitrogen and oxygen atoms in total. The lowest BCUT2D eigenvalue weighted by atomic mass is 10.0. The van der Waals surface area contributed by atoms with E-state index in [2.05, 4.69) is 56.9 Å². The van der Waals surface area contributed by atoms with Gasteiger partial charge in [0.25, 0.3) is 0 Å². The molecule has 96 valence electrons. The molecule has 0 amide bonds. The monoisotopic (exact) mass is 233 g/mol. The van der Waals surface area contributed by atoms with Crippen molar-refractivity contribution in [2.24, 2.45) is 5.92 Å². The maximum atomic E-state index is 2.49. The maximum absolute atomic E-state index is 2.49. The Morgan fingerprint density at radius 3 is 2.29 bits per heavy atom. The summed E-state index contributed by atoms with van der Waals surface area (Å²) < 4.78 is 0. The molecule has 0 aromatic heterocycles. The van der Waals surface area contributed by atoms with Crippen molar-refractivity contribution >= 4 is 5.69 Å². The molecule has 1 aromatic rings. The number of aryl methyl sites for hydroxylation is 1. The van der Waals surface area contributed by atoms with Crippen LogP contribution in [-0.4, -0.2) is 13.1 Å². The Labute approximate surface area is 107 Å². The second-order valence-corrected chi connectivity index (χ2v) is 5.12. The van der Waals surface area contributed by atoms with Crippen LogP contribution in [0.5, 0.6) is 0 Å². The molecule has 0 radical (unpaired) electrons. The first-order chi connectivity index (χ1) is 8.17. The predicted octanol–water partition coefficient (Wildman–Crippen LogP) is 4.65. The van der Waals surface area contributed by atoms with Gasteiger partial charge < -0.3 is 4.90 Å². The van der Waals surface area contributed by atoms with Gasteiger partial charge in [0, 0.05) is 18.8 Å².